The molecular weight excluding hydrogens is 352 g/mol. The zero-order chi connectivity index (χ0) is 20.8. The van der Waals surface area contributed by atoms with E-state index in [1.807, 2.05) is 4.90 Å². The molecule has 0 aromatic rings. The van der Waals surface area contributed by atoms with Crippen LogP contribution < -0.4 is 5.32 Å². The summed E-state index contributed by atoms with van der Waals surface area (Å²) in [6.07, 6.45) is -0.0502. The molecule has 1 rings (SSSR count). The van der Waals surface area contributed by atoms with Crippen LogP contribution in [0.15, 0.2) is 5.57 Å². The molecule has 0 aromatic carbocycles. The number of ether oxygens (including phenoxy) is 2. The van der Waals surface area contributed by atoms with E-state index in [-0.39, 0.29) is 17.9 Å². The van der Waals surface area contributed by atoms with Crippen molar-refractivity contribution in [2.45, 2.75) is 71.6 Å². The second-order valence-corrected chi connectivity index (χ2v) is 8.55. The molecule has 0 bridgehead atoms. The number of nitrogens with one attached hydrogen (secondary N) is 1. The minimum Gasteiger partial charge on any atom is -0.458 e. The number of likely N-dealkylation sites (tertiary alicyclic amines) is 1. The van der Waals surface area contributed by atoms with Crippen LogP contribution in [0, 0.1) is 0 Å². The molecule has 0 radical (unpaired) electrons. The molecule has 1 heterocycles. The van der Waals surface area contributed by atoms with E-state index < -0.39 is 29.3 Å². The molecule has 1 aliphatic rings. The standard InChI is InChI=1S/C19H30N2O6/c1-18(2,3)26-16(24)15(20-17(25)27-19(4,5)6)13(12-22)11-21-9-7-14(23)8-10-21/h15H,7-11H2,1-6H3,(H,20,25). The zero-order valence-electron chi connectivity index (χ0n) is 17.0. The van der Waals surface area contributed by atoms with Crippen molar-refractivity contribution in [1.82, 2.24) is 10.2 Å². The first-order valence-corrected chi connectivity index (χ1v) is 9.01. The van der Waals surface area contributed by atoms with Gasteiger partial charge in [-0.25, -0.2) is 14.4 Å². The highest BCUT2D eigenvalue weighted by Crippen LogP contribution is 2.15. The molecule has 27 heavy (non-hydrogen) atoms. The molecule has 1 N–H and O–H groups in total. The molecule has 0 spiro atoms. The topological polar surface area (TPSA) is 102 Å². The largest absolute Gasteiger partial charge is 0.458 e. The maximum Gasteiger partial charge on any atom is 0.408 e. The number of carbonyl (C=O) groups is 3. The second kappa shape index (κ2) is 9.15. The highest BCUT2D eigenvalue weighted by atomic mass is 16.6. The monoisotopic (exact) mass is 382 g/mol. The lowest BCUT2D eigenvalue weighted by Gasteiger charge is -2.30. The number of Topliss-reactive ketones (excluding diaryl/α,β-unsaturated/α-hetero) is 1. The van der Waals surface area contributed by atoms with Gasteiger partial charge in [-0.05, 0) is 41.5 Å². The van der Waals surface area contributed by atoms with Crippen molar-refractivity contribution in [3.8, 4) is 0 Å². The highest BCUT2D eigenvalue weighted by Gasteiger charge is 2.33. The van der Waals surface area contributed by atoms with Gasteiger partial charge in [0.1, 0.15) is 22.9 Å². The van der Waals surface area contributed by atoms with Gasteiger partial charge in [0.25, 0.3) is 0 Å². The van der Waals surface area contributed by atoms with Crippen LogP contribution in [-0.2, 0) is 23.9 Å². The number of esters is 1. The number of rotatable bonds is 5. The fourth-order valence-electron chi connectivity index (χ4n) is 2.46. The number of carbonyl (C=O) groups excluding carboxylic acids is 4. The van der Waals surface area contributed by atoms with Crippen LogP contribution in [-0.4, -0.2) is 65.6 Å². The van der Waals surface area contributed by atoms with Gasteiger partial charge < -0.3 is 14.8 Å². The molecule has 1 unspecified atom stereocenters. The van der Waals surface area contributed by atoms with Crippen LogP contribution in [0.2, 0.25) is 0 Å². The third-order valence-corrected chi connectivity index (χ3v) is 3.59. The summed E-state index contributed by atoms with van der Waals surface area (Å²) in [4.78, 5) is 49.6. The second-order valence-electron chi connectivity index (χ2n) is 8.55. The number of alkyl carbamates (subject to hydrolysis) is 1. The van der Waals surface area contributed by atoms with Crippen molar-refractivity contribution in [3.05, 3.63) is 5.57 Å². The van der Waals surface area contributed by atoms with Crippen LogP contribution in [0.5, 0.6) is 0 Å². The summed E-state index contributed by atoms with van der Waals surface area (Å²) in [6.45, 7) is 11.2. The van der Waals surface area contributed by atoms with Gasteiger partial charge in [-0.1, -0.05) is 0 Å². The van der Waals surface area contributed by atoms with Crippen LogP contribution in [0.4, 0.5) is 4.79 Å². The summed E-state index contributed by atoms with van der Waals surface area (Å²) in [5.74, 6) is 1.17. The van der Waals surface area contributed by atoms with Gasteiger partial charge in [0, 0.05) is 32.5 Å². The van der Waals surface area contributed by atoms with Gasteiger partial charge in [0.15, 0.2) is 6.04 Å². The Morgan fingerprint density at radius 2 is 1.59 bits per heavy atom. The van der Waals surface area contributed by atoms with Gasteiger partial charge >= 0.3 is 12.1 Å². The maximum atomic E-state index is 12.6. The Kier molecular flexibility index (Phi) is 7.75. The molecule has 1 aliphatic heterocycles. The maximum absolute atomic E-state index is 12.6. The van der Waals surface area contributed by atoms with Gasteiger partial charge in [0.2, 0.25) is 0 Å². The average molecular weight is 382 g/mol. The molecule has 8 nitrogen and oxygen atoms in total. The number of hydrogen-bond acceptors (Lipinski definition) is 7. The number of nitrogens with zero attached hydrogens (tertiary/aromatic N) is 1. The Labute approximate surface area is 160 Å². The van der Waals surface area contributed by atoms with Gasteiger partial charge in [-0.15, -0.1) is 0 Å². The summed E-state index contributed by atoms with van der Waals surface area (Å²) >= 11 is 0. The number of hydrogen-bond donors (Lipinski definition) is 1. The van der Waals surface area contributed by atoms with E-state index in [0.29, 0.717) is 25.9 Å². The summed E-state index contributed by atoms with van der Waals surface area (Å²) in [5.41, 5.74) is -1.53. The summed E-state index contributed by atoms with van der Waals surface area (Å²) in [5, 5.41) is 2.42. The van der Waals surface area contributed by atoms with E-state index in [9.17, 15) is 19.2 Å². The van der Waals surface area contributed by atoms with Crippen LogP contribution in [0.25, 0.3) is 0 Å². The van der Waals surface area contributed by atoms with E-state index in [0.717, 1.165) is 0 Å². The van der Waals surface area contributed by atoms with Crippen molar-refractivity contribution in [2.24, 2.45) is 0 Å². The highest BCUT2D eigenvalue weighted by molar-refractivity contribution is 5.87. The summed E-state index contributed by atoms with van der Waals surface area (Å²) in [6, 6.07) is -1.31. The molecule has 152 valence electrons. The molecule has 0 aromatic heterocycles. The van der Waals surface area contributed by atoms with Crippen molar-refractivity contribution in [1.29, 1.82) is 0 Å². The van der Waals surface area contributed by atoms with Crippen LogP contribution in [0.1, 0.15) is 54.4 Å². The molecule has 0 aliphatic carbocycles. The number of piperidine rings is 1. The van der Waals surface area contributed by atoms with Crippen molar-refractivity contribution in [2.75, 3.05) is 19.6 Å². The Morgan fingerprint density at radius 3 is 2.04 bits per heavy atom. The third kappa shape index (κ3) is 8.84. The Bertz CT molecular complexity index is 613. The fourth-order valence-corrected chi connectivity index (χ4v) is 2.46. The average Bonchev–Trinajstić information content (AvgIpc) is 2.49. The Hall–Kier alpha value is -2.18. The Morgan fingerprint density at radius 1 is 1.07 bits per heavy atom. The first-order valence-electron chi connectivity index (χ1n) is 9.01. The van der Waals surface area contributed by atoms with E-state index in [4.69, 9.17) is 9.47 Å². The smallest absolute Gasteiger partial charge is 0.408 e. The van der Waals surface area contributed by atoms with Crippen LogP contribution >= 0.6 is 0 Å². The van der Waals surface area contributed by atoms with E-state index in [1.165, 1.54) is 0 Å². The molecule has 1 atom stereocenters. The first kappa shape index (κ1) is 22.9. The SMILES string of the molecule is CC(C)(C)OC(=O)NC(C(=O)OC(C)(C)C)C(=C=O)CN1CCC(=O)CC1. The van der Waals surface area contributed by atoms with Gasteiger partial charge in [-0.2, -0.15) is 0 Å². The lowest BCUT2D eigenvalue weighted by molar-refractivity contribution is -0.156. The van der Waals surface area contributed by atoms with E-state index in [2.05, 4.69) is 5.32 Å². The van der Waals surface area contributed by atoms with E-state index >= 15 is 0 Å². The number of amides is 1. The number of ketones is 1. The lowest BCUT2D eigenvalue weighted by Crippen LogP contribution is -2.49. The fraction of sp³-hybridized carbons (Fsp3) is 0.737. The van der Waals surface area contributed by atoms with Crippen LogP contribution in [0.3, 0.4) is 0 Å². The van der Waals surface area contributed by atoms with Gasteiger partial charge in [0.05, 0.1) is 5.57 Å². The zero-order valence-corrected chi connectivity index (χ0v) is 17.0. The molecule has 1 saturated heterocycles. The lowest BCUT2D eigenvalue weighted by atomic mass is 10.0. The predicted molar refractivity (Wildman–Crippen MR) is 98.9 cm³/mol. The Balaban J connectivity index is 2.95. The predicted octanol–water partition coefficient (Wildman–Crippen LogP) is 1.64. The third-order valence-electron chi connectivity index (χ3n) is 3.59. The molecular formula is C19H30N2O6. The van der Waals surface area contributed by atoms with E-state index in [1.54, 1.807) is 47.5 Å². The minimum atomic E-state index is -1.31. The molecule has 1 amide bonds. The summed E-state index contributed by atoms with van der Waals surface area (Å²) in [7, 11) is 0. The summed E-state index contributed by atoms with van der Waals surface area (Å²) < 4.78 is 10.5. The minimum absolute atomic E-state index is 0.0319. The molecule has 1 fully saturated rings. The quantitative estimate of drug-likeness (QED) is 0.570. The van der Waals surface area contributed by atoms with Crippen molar-refractivity contribution in [3.63, 3.8) is 0 Å². The molecule has 8 heteroatoms. The van der Waals surface area contributed by atoms with Crippen molar-refractivity contribution < 1.29 is 28.7 Å². The molecule has 0 saturated carbocycles. The van der Waals surface area contributed by atoms with Gasteiger partial charge in [-0.3, -0.25) is 9.69 Å². The normalized spacial score (nSPS) is 16.9. The first-order chi connectivity index (χ1) is 12.3. The van der Waals surface area contributed by atoms with Crippen molar-refractivity contribution >= 4 is 23.8 Å².